The van der Waals surface area contributed by atoms with E-state index in [0.717, 1.165) is 6.54 Å². The van der Waals surface area contributed by atoms with Gasteiger partial charge in [0.1, 0.15) is 9.84 Å². The maximum absolute atomic E-state index is 11.1. The molecule has 0 aliphatic rings. The highest BCUT2D eigenvalue weighted by atomic mass is 32.2. The van der Waals surface area contributed by atoms with Gasteiger partial charge >= 0.3 is 0 Å². The summed E-state index contributed by atoms with van der Waals surface area (Å²) in [4.78, 5) is 5.48. The third-order valence-corrected chi connectivity index (χ3v) is 5.36. The van der Waals surface area contributed by atoms with E-state index in [4.69, 9.17) is 0 Å². The number of aliphatic imine (C=N–C) groups is 1. The van der Waals surface area contributed by atoms with E-state index >= 15 is 0 Å². The highest BCUT2D eigenvalue weighted by Gasteiger charge is 2.21. The summed E-state index contributed by atoms with van der Waals surface area (Å²) in [5.74, 6) is 0.894. The molecule has 120 valence electrons. The Bertz CT molecular complexity index is 549. The van der Waals surface area contributed by atoms with Crippen LogP contribution in [0.4, 0.5) is 0 Å². The Morgan fingerprint density at radius 2 is 2.10 bits per heavy atom. The molecule has 0 saturated heterocycles. The highest BCUT2D eigenvalue weighted by molar-refractivity contribution is 7.90. The molecule has 0 saturated carbocycles. The van der Waals surface area contributed by atoms with Gasteiger partial charge in [-0.15, -0.1) is 11.3 Å². The number of thiophene rings is 1. The van der Waals surface area contributed by atoms with Gasteiger partial charge in [0.15, 0.2) is 5.96 Å². The monoisotopic (exact) mass is 331 g/mol. The molecular formula is C14H25N3O2S2. The summed E-state index contributed by atoms with van der Waals surface area (Å²) in [6.45, 7) is 5.72. The summed E-state index contributed by atoms with van der Waals surface area (Å²) in [6.07, 6.45) is 1.83. The maximum atomic E-state index is 11.1. The van der Waals surface area contributed by atoms with Crippen molar-refractivity contribution in [2.45, 2.75) is 25.7 Å². The molecule has 7 heteroatoms. The lowest BCUT2D eigenvalue weighted by molar-refractivity contribution is 0.518. The normalized spacial score (nSPS) is 13.2. The SMILES string of the molecule is CN=C(NCCCS(C)(=O)=O)NCC(C)(C)c1cccs1. The van der Waals surface area contributed by atoms with Gasteiger partial charge in [0.05, 0.1) is 5.75 Å². The molecule has 21 heavy (non-hydrogen) atoms. The smallest absolute Gasteiger partial charge is 0.191 e. The first-order valence-electron chi connectivity index (χ1n) is 6.91. The third kappa shape index (κ3) is 6.95. The van der Waals surface area contributed by atoms with Crippen molar-refractivity contribution < 1.29 is 8.42 Å². The third-order valence-electron chi connectivity index (χ3n) is 3.09. The van der Waals surface area contributed by atoms with Gasteiger partial charge in [-0.05, 0) is 17.9 Å². The number of hydrogen-bond donors (Lipinski definition) is 2. The van der Waals surface area contributed by atoms with Gasteiger partial charge < -0.3 is 10.6 Å². The molecule has 0 spiro atoms. The van der Waals surface area contributed by atoms with Crippen molar-refractivity contribution in [1.29, 1.82) is 0 Å². The van der Waals surface area contributed by atoms with Crippen LogP contribution in [0.2, 0.25) is 0 Å². The Morgan fingerprint density at radius 1 is 1.38 bits per heavy atom. The average molecular weight is 332 g/mol. The first kappa shape index (κ1) is 18.0. The largest absolute Gasteiger partial charge is 0.356 e. The molecule has 0 unspecified atom stereocenters. The molecule has 2 N–H and O–H groups in total. The van der Waals surface area contributed by atoms with E-state index in [1.54, 1.807) is 18.4 Å². The van der Waals surface area contributed by atoms with E-state index in [0.29, 0.717) is 18.9 Å². The second-order valence-corrected chi connectivity index (χ2v) is 8.90. The van der Waals surface area contributed by atoms with Crippen LogP contribution in [0.15, 0.2) is 22.5 Å². The van der Waals surface area contributed by atoms with Gasteiger partial charge in [-0.3, -0.25) is 4.99 Å². The Balaban J connectivity index is 2.38. The van der Waals surface area contributed by atoms with Crippen molar-refractivity contribution in [2.75, 3.05) is 32.1 Å². The molecule has 0 amide bonds. The van der Waals surface area contributed by atoms with E-state index in [1.165, 1.54) is 11.1 Å². The molecule has 1 heterocycles. The van der Waals surface area contributed by atoms with Gasteiger partial charge in [0, 0.05) is 36.7 Å². The topological polar surface area (TPSA) is 70.6 Å². The number of sulfone groups is 1. The Hall–Kier alpha value is -1.08. The molecule has 0 bridgehead atoms. The molecule has 0 aliphatic heterocycles. The van der Waals surface area contributed by atoms with E-state index < -0.39 is 9.84 Å². The lowest BCUT2D eigenvalue weighted by atomic mass is 9.91. The number of guanidine groups is 1. The molecule has 1 rings (SSSR count). The first-order chi connectivity index (χ1) is 9.74. The fraction of sp³-hybridized carbons (Fsp3) is 0.643. The quantitative estimate of drug-likeness (QED) is 0.452. The fourth-order valence-electron chi connectivity index (χ4n) is 1.82. The maximum Gasteiger partial charge on any atom is 0.191 e. The van der Waals surface area contributed by atoms with Crippen molar-refractivity contribution in [3.63, 3.8) is 0 Å². The van der Waals surface area contributed by atoms with Crippen LogP contribution in [-0.2, 0) is 15.3 Å². The van der Waals surface area contributed by atoms with Gasteiger partial charge in [0.2, 0.25) is 0 Å². The Labute approximate surface area is 131 Å². The lowest BCUT2D eigenvalue weighted by Crippen LogP contribution is -2.43. The molecule has 1 aromatic heterocycles. The Kier molecular flexibility index (Phi) is 6.67. The number of rotatable bonds is 7. The van der Waals surface area contributed by atoms with Crippen molar-refractivity contribution in [2.24, 2.45) is 4.99 Å². The zero-order valence-corrected chi connectivity index (χ0v) is 14.8. The minimum Gasteiger partial charge on any atom is -0.356 e. The van der Waals surface area contributed by atoms with Crippen LogP contribution in [0.3, 0.4) is 0 Å². The summed E-state index contributed by atoms with van der Waals surface area (Å²) in [6, 6.07) is 4.19. The molecule has 0 atom stereocenters. The summed E-state index contributed by atoms with van der Waals surface area (Å²) in [5.41, 5.74) is 0.0263. The molecular weight excluding hydrogens is 306 g/mol. The number of hydrogen-bond acceptors (Lipinski definition) is 4. The minimum absolute atomic E-state index is 0.0263. The predicted molar refractivity (Wildman–Crippen MR) is 91.0 cm³/mol. The lowest BCUT2D eigenvalue weighted by Gasteiger charge is -2.25. The highest BCUT2D eigenvalue weighted by Crippen LogP contribution is 2.26. The van der Waals surface area contributed by atoms with E-state index in [1.807, 2.05) is 0 Å². The van der Waals surface area contributed by atoms with Crippen LogP contribution in [0.5, 0.6) is 0 Å². The zero-order chi connectivity index (χ0) is 15.9. The van der Waals surface area contributed by atoms with Gasteiger partial charge in [0.25, 0.3) is 0 Å². The van der Waals surface area contributed by atoms with E-state index in [2.05, 4.69) is 47.0 Å². The fourth-order valence-corrected chi connectivity index (χ4v) is 3.34. The molecule has 1 aromatic rings. The first-order valence-corrected chi connectivity index (χ1v) is 9.85. The molecule has 0 radical (unpaired) electrons. The predicted octanol–water partition coefficient (Wildman–Crippen LogP) is 1.63. The van der Waals surface area contributed by atoms with E-state index in [9.17, 15) is 8.42 Å². The summed E-state index contributed by atoms with van der Waals surface area (Å²) < 4.78 is 22.1. The van der Waals surface area contributed by atoms with Gasteiger partial charge in [-0.1, -0.05) is 19.9 Å². The summed E-state index contributed by atoms with van der Waals surface area (Å²) in [7, 11) is -1.18. The van der Waals surface area contributed by atoms with Crippen molar-refractivity contribution in [3.8, 4) is 0 Å². The van der Waals surface area contributed by atoms with Crippen molar-refractivity contribution in [3.05, 3.63) is 22.4 Å². The molecule has 5 nitrogen and oxygen atoms in total. The van der Waals surface area contributed by atoms with Crippen LogP contribution in [-0.4, -0.2) is 46.5 Å². The second kappa shape index (κ2) is 7.79. The average Bonchev–Trinajstić information content (AvgIpc) is 2.91. The second-order valence-electron chi connectivity index (χ2n) is 5.70. The number of nitrogens with one attached hydrogen (secondary N) is 2. The minimum atomic E-state index is -2.89. The van der Waals surface area contributed by atoms with Crippen molar-refractivity contribution in [1.82, 2.24) is 10.6 Å². The van der Waals surface area contributed by atoms with E-state index in [-0.39, 0.29) is 11.2 Å². The van der Waals surface area contributed by atoms with Crippen LogP contribution >= 0.6 is 11.3 Å². The van der Waals surface area contributed by atoms with Crippen LogP contribution in [0, 0.1) is 0 Å². The Morgan fingerprint density at radius 3 is 2.62 bits per heavy atom. The number of nitrogens with zero attached hydrogens (tertiary/aromatic N) is 1. The van der Waals surface area contributed by atoms with Crippen molar-refractivity contribution >= 4 is 27.1 Å². The van der Waals surface area contributed by atoms with Crippen LogP contribution in [0.25, 0.3) is 0 Å². The standard InChI is InChI=1S/C14H25N3O2S2/c1-14(2,12-7-5-9-20-12)11-17-13(15-3)16-8-6-10-21(4,18)19/h5,7,9H,6,8,10-11H2,1-4H3,(H2,15,16,17). The molecule has 0 aromatic carbocycles. The van der Waals surface area contributed by atoms with Crippen LogP contribution < -0.4 is 10.6 Å². The summed E-state index contributed by atoms with van der Waals surface area (Å²) >= 11 is 1.75. The zero-order valence-electron chi connectivity index (χ0n) is 13.1. The van der Waals surface area contributed by atoms with Gasteiger partial charge in [-0.25, -0.2) is 8.42 Å². The van der Waals surface area contributed by atoms with Gasteiger partial charge in [-0.2, -0.15) is 0 Å². The van der Waals surface area contributed by atoms with Crippen LogP contribution in [0.1, 0.15) is 25.1 Å². The molecule has 0 aliphatic carbocycles. The summed E-state index contributed by atoms with van der Waals surface area (Å²) in [5, 5.41) is 8.51. The molecule has 0 fully saturated rings.